The van der Waals surface area contributed by atoms with Crippen LogP contribution in [0, 0.1) is 0 Å². The monoisotopic (exact) mass is 766 g/mol. The lowest BCUT2D eigenvalue weighted by Gasteiger charge is -2.29. The maximum absolute atomic E-state index is 9.21. The van der Waals surface area contributed by atoms with Gasteiger partial charge in [0, 0.05) is 26.3 Å². The number of nitrogens with zero attached hydrogens (tertiary/aromatic N) is 1. The largest absolute Gasteiger partial charge is 0.395 e. The van der Waals surface area contributed by atoms with Crippen molar-refractivity contribution in [1.29, 1.82) is 0 Å². The molecular weight excluding hydrogens is 675 g/mol. The molecule has 314 valence electrons. The minimum absolute atomic E-state index is 0.145. The van der Waals surface area contributed by atoms with Gasteiger partial charge in [-0.3, -0.25) is 4.90 Å². The Morgan fingerprint density at radius 1 is 0.509 bits per heavy atom. The summed E-state index contributed by atoms with van der Waals surface area (Å²) in [6.45, 7) is 12.8. The third-order valence-electron chi connectivity index (χ3n) is 9.96. The molecule has 0 amide bonds. The number of aliphatic hydroxyl groups excluding tert-OH is 2. The Morgan fingerprint density at radius 2 is 0.981 bits per heavy atom. The highest BCUT2D eigenvalue weighted by atomic mass is 28.4. The predicted octanol–water partition coefficient (Wildman–Crippen LogP) is 13.0. The molecule has 0 rings (SSSR count). The first-order valence-corrected chi connectivity index (χ1v) is 25.6. The summed E-state index contributed by atoms with van der Waals surface area (Å²) >= 11 is 0. The minimum atomic E-state index is -2.30. The van der Waals surface area contributed by atoms with E-state index in [1.165, 1.54) is 116 Å². The Balaban J connectivity index is 4.36. The van der Waals surface area contributed by atoms with Crippen LogP contribution in [0.5, 0.6) is 0 Å². The van der Waals surface area contributed by atoms with Crippen LogP contribution >= 0.6 is 0 Å². The van der Waals surface area contributed by atoms with Crippen molar-refractivity contribution >= 4 is 8.56 Å². The zero-order valence-electron chi connectivity index (χ0n) is 35.9. The van der Waals surface area contributed by atoms with Crippen molar-refractivity contribution in [2.75, 3.05) is 46.1 Å². The van der Waals surface area contributed by atoms with Crippen molar-refractivity contribution in [3.63, 3.8) is 0 Å². The second-order valence-corrected chi connectivity index (χ2v) is 18.9. The topological polar surface area (TPSA) is 71.4 Å². The summed E-state index contributed by atoms with van der Waals surface area (Å²) in [6.07, 6.45) is 48.6. The highest BCUT2D eigenvalue weighted by Crippen LogP contribution is 2.19. The standard InChI is InChI=1S/C46H91NO5Si/c1-5-7-9-11-13-15-17-19-21-22-24-26-28-30-34-38-46(50-44-36-32-29-27-25-23-20-18-16-14-12-10-8-6-2)52-53(3,4)51-45-37-33-31-35-39-47(40-42-48)41-43-49/h7,9,13,15,19,21,46,48-49H,5-6,8,10-12,14,16-18,20,22-45H2,1-4H3/b9-7-,15-13-,21-19-. The third-order valence-corrected chi connectivity index (χ3v) is 11.7. The molecule has 1 atom stereocenters. The van der Waals surface area contributed by atoms with E-state index in [1.807, 2.05) is 0 Å². The molecule has 0 bridgehead atoms. The minimum Gasteiger partial charge on any atom is -0.395 e. The van der Waals surface area contributed by atoms with E-state index in [4.69, 9.17) is 13.6 Å². The van der Waals surface area contributed by atoms with Crippen molar-refractivity contribution in [1.82, 2.24) is 4.90 Å². The Labute approximate surface area is 331 Å². The van der Waals surface area contributed by atoms with Gasteiger partial charge in [0.25, 0.3) is 0 Å². The molecule has 0 radical (unpaired) electrons. The Bertz CT molecular complexity index is 799. The van der Waals surface area contributed by atoms with Crippen LogP contribution in [0.15, 0.2) is 36.5 Å². The SMILES string of the molecule is CC/C=C\C/C=C\C/C=C\CCCCCCCC(OCCCCCCCCCCCCCCCC)O[Si](C)(C)OCCCCCCN(CCO)CCO. The smallest absolute Gasteiger partial charge is 0.333 e. The highest BCUT2D eigenvalue weighted by Gasteiger charge is 2.29. The van der Waals surface area contributed by atoms with Crippen molar-refractivity contribution in [2.24, 2.45) is 0 Å². The van der Waals surface area contributed by atoms with Gasteiger partial charge in [-0.2, -0.15) is 0 Å². The molecule has 0 aromatic carbocycles. The molecular formula is C46H91NO5Si. The number of hydrogen-bond acceptors (Lipinski definition) is 6. The molecule has 1 unspecified atom stereocenters. The van der Waals surface area contributed by atoms with Gasteiger partial charge in [0.05, 0.1) is 13.2 Å². The molecule has 0 aliphatic carbocycles. The van der Waals surface area contributed by atoms with Crippen LogP contribution < -0.4 is 0 Å². The fraction of sp³-hybridized carbons (Fsp3) is 0.870. The summed E-state index contributed by atoms with van der Waals surface area (Å²) in [4.78, 5) is 2.13. The molecule has 0 saturated carbocycles. The van der Waals surface area contributed by atoms with E-state index < -0.39 is 8.56 Å². The van der Waals surface area contributed by atoms with E-state index in [9.17, 15) is 10.2 Å². The van der Waals surface area contributed by atoms with Gasteiger partial charge in [0.1, 0.15) is 6.29 Å². The molecule has 0 aliphatic rings. The number of unbranched alkanes of at least 4 members (excludes halogenated alkanes) is 21. The molecule has 0 heterocycles. The van der Waals surface area contributed by atoms with Crippen LogP contribution in [0.25, 0.3) is 0 Å². The summed E-state index contributed by atoms with van der Waals surface area (Å²) in [5.74, 6) is 0. The molecule has 53 heavy (non-hydrogen) atoms. The number of rotatable bonds is 43. The van der Waals surface area contributed by atoms with Crippen molar-refractivity contribution in [3.05, 3.63) is 36.5 Å². The van der Waals surface area contributed by atoms with Gasteiger partial charge in [-0.15, -0.1) is 0 Å². The summed E-state index contributed by atoms with van der Waals surface area (Å²) in [6, 6.07) is 0. The average molecular weight is 766 g/mol. The Hall–Kier alpha value is -0.803. The van der Waals surface area contributed by atoms with Crippen LogP contribution in [0.1, 0.15) is 194 Å². The van der Waals surface area contributed by atoms with Crippen LogP contribution in [-0.2, 0) is 13.6 Å². The van der Waals surface area contributed by atoms with Crippen LogP contribution in [-0.4, -0.2) is 76.0 Å². The predicted molar refractivity (Wildman–Crippen MR) is 233 cm³/mol. The summed E-state index contributed by atoms with van der Waals surface area (Å²) in [5, 5.41) is 18.4. The van der Waals surface area contributed by atoms with Gasteiger partial charge in [-0.05, 0) is 83.8 Å². The van der Waals surface area contributed by atoms with Crippen molar-refractivity contribution in [2.45, 2.75) is 213 Å². The van der Waals surface area contributed by atoms with Gasteiger partial charge in [-0.25, -0.2) is 0 Å². The Kier molecular flexibility index (Phi) is 41.7. The molecule has 0 aromatic heterocycles. The number of aliphatic hydroxyl groups is 2. The van der Waals surface area contributed by atoms with E-state index >= 15 is 0 Å². The normalized spacial score (nSPS) is 13.2. The summed E-state index contributed by atoms with van der Waals surface area (Å²) in [5.41, 5.74) is 0. The first-order valence-electron chi connectivity index (χ1n) is 22.8. The van der Waals surface area contributed by atoms with Crippen molar-refractivity contribution < 1.29 is 23.8 Å². The van der Waals surface area contributed by atoms with E-state index in [0.717, 1.165) is 84.0 Å². The van der Waals surface area contributed by atoms with E-state index in [1.54, 1.807) is 0 Å². The van der Waals surface area contributed by atoms with Gasteiger partial charge < -0.3 is 23.8 Å². The summed E-state index contributed by atoms with van der Waals surface area (Å²) in [7, 11) is -2.30. The zero-order valence-corrected chi connectivity index (χ0v) is 36.9. The lowest BCUT2D eigenvalue weighted by Crippen LogP contribution is -2.40. The number of allylic oxidation sites excluding steroid dienone is 6. The average Bonchev–Trinajstić information content (AvgIpc) is 3.14. The second-order valence-electron chi connectivity index (χ2n) is 15.6. The maximum Gasteiger partial charge on any atom is 0.333 e. The highest BCUT2D eigenvalue weighted by molar-refractivity contribution is 6.64. The van der Waals surface area contributed by atoms with E-state index in [0.29, 0.717) is 13.1 Å². The second kappa shape index (κ2) is 42.3. The van der Waals surface area contributed by atoms with Gasteiger partial charge in [0.15, 0.2) is 0 Å². The molecule has 0 fully saturated rings. The maximum atomic E-state index is 9.21. The van der Waals surface area contributed by atoms with E-state index in [-0.39, 0.29) is 19.5 Å². The number of ether oxygens (including phenoxy) is 1. The Morgan fingerprint density at radius 3 is 1.55 bits per heavy atom. The van der Waals surface area contributed by atoms with Gasteiger partial charge >= 0.3 is 8.56 Å². The third kappa shape index (κ3) is 40.7. The van der Waals surface area contributed by atoms with Crippen LogP contribution in [0.2, 0.25) is 13.1 Å². The van der Waals surface area contributed by atoms with Crippen molar-refractivity contribution in [3.8, 4) is 0 Å². The molecule has 0 aromatic rings. The molecule has 7 heteroatoms. The number of hydrogen-bond donors (Lipinski definition) is 2. The van der Waals surface area contributed by atoms with Gasteiger partial charge in [-0.1, -0.05) is 166 Å². The molecule has 2 N–H and O–H groups in total. The fourth-order valence-electron chi connectivity index (χ4n) is 6.70. The molecule has 0 aliphatic heterocycles. The molecule has 0 saturated heterocycles. The van der Waals surface area contributed by atoms with Gasteiger partial charge in [0.2, 0.25) is 0 Å². The summed E-state index contributed by atoms with van der Waals surface area (Å²) < 4.78 is 19.4. The first-order chi connectivity index (χ1) is 26.0. The van der Waals surface area contributed by atoms with Crippen LogP contribution in [0.4, 0.5) is 0 Å². The lowest BCUT2D eigenvalue weighted by atomic mass is 10.0. The van der Waals surface area contributed by atoms with Crippen LogP contribution in [0.3, 0.4) is 0 Å². The lowest BCUT2D eigenvalue weighted by molar-refractivity contribution is -0.104. The molecule has 6 nitrogen and oxygen atoms in total. The zero-order chi connectivity index (χ0) is 38.8. The van der Waals surface area contributed by atoms with E-state index in [2.05, 4.69) is 68.3 Å². The first kappa shape index (κ1) is 52.2. The fourth-order valence-corrected chi connectivity index (χ4v) is 8.22. The molecule has 0 spiro atoms. The quantitative estimate of drug-likeness (QED) is 0.0279.